The molecule has 7 heteroatoms. The summed E-state index contributed by atoms with van der Waals surface area (Å²) in [5.74, 6) is 0. The van der Waals surface area contributed by atoms with Crippen molar-refractivity contribution in [2.45, 2.75) is 24.9 Å². The van der Waals surface area contributed by atoms with Gasteiger partial charge in [-0.05, 0) is 0 Å². The lowest BCUT2D eigenvalue weighted by atomic mass is 10.2. The third-order valence-corrected chi connectivity index (χ3v) is 2.70. The standard InChI is InChI=1S/C11H12N2O5/c1-2-17-6-8-7(14)5-10(18-8)13-4-3-9(15)12-11(13)16/h1,3-4,7-8,10,14H,5-6H2,(H,12,15,16)/t7?,8-,10-/m0/s1. The molecule has 0 amide bonds. The topological polar surface area (TPSA) is 93.5 Å². The van der Waals surface area contributed by atoms with Gasteiger partial charge in [0.1, 0.15) is 25.0 Å². The van der Waals surface area contributed by atoms with Crippen molar-refractivity contribution in [3.05, 3.63) is 33.1 Å². The molecule has 1 aromatic rings. The smallest absolute Gasteiger partial charge is 0.330 e. The van der Waals surface area contributed by atoms with Gasteiger partial charge in [0.2, 0.25) is 0 Å². The Bertz CT molecular complexity index is 570. The Morgan fingerprint density at radius 1 is 1.67 bits per heavy atom. The molecular weight excluding hydrogens is 240 g/mol. The minimum atomic E-state index is -0.776. The zero-order chi connectivity index (χ0) is 13.1. The highest BCUT2D eigenvalue weighted by Crippen LogP contribution is 2.27. The van der Waals surface area contributed by atoms with Crippen LogP contribution in [0.1, 0.15) is 12.6 Å². The fourth-order valence-corrected chi connectivity index (χ4v) is 1.82. The molecule has 1 fully saturated rings. The van der Waals surface area contributed by atoms with Gasteiger partial charge in [-0.2, -0.15) is 0 Å². The number of aromatic amines is 1. The van der Waals surface area contributed by atoms with E-state index in [9.17, 15) is 14.7 Å². The molecule has 0 bridgehead atoms. The SMILES string of the molecule is C#COC[C@@H]1O[C@H](n2ccc(=O)[nH]c2=O)CC1O. The van der Waals surface area contributed by atoms with E-state index >= 15 is 0 Å². The number of terminal acetylenes is 1. The van der Waals surface area contributed by atoms with E-state index in [1.54, 1.807) is 0 Å². The molecule has 2 heterocycles. The van der Waals surface area contributed by atoms with Crippen LogP contribution in [0.2, 0.25) is 0 Å². The Labute approximate surface area is 102 Å². The van der Waals surface area contributed by atoms with E-state index in [1.807, 2.05) is 6.11 Å². The van der Waals surface area contributed by atoms with Gasteiger partial charge < -0.3 is 14.6 Å². The largest absolute Gasteiger partial charge is 0.444 e. The number of aromatic nitrogens is 2. The molecule has 1 aromatic heterocycles. The lowest BCUT2D eigenvalue weighted by molar-refractivity contribution is -0.0457. The van der Waals surface area contributed by atoms with Crippen LogP contribution in [0, 0.1) is 12.5 Å². The molecule has 2 rings (SSSR count). The van der Waals surface area contributed by atoms with Gasteiger partial charge in [-0.3, -0.25) is 14.3 Å². The summed E-state index contributed by atoms with van der Waals surface area (Å²) < 4.78 is 11.4. The van der Waals surface area contributed by atoms with Crippen LogP contribution < -0.4 is 11.2 Å². The maximum atomic E-state index is 11.5. The van der Waals surface area contributed by atoms with Gasteiger partial charge >= 0.3 is 5.69 Å². The Hall–Kier alpha value is -2.04. The van der Waals surface area contributed by atoms with E-state index in [0.717, 1.165) is 0 Å². The molecule has 1 aliphatic heterocycles. The van der Waals surface area contributed by atoms with Gasteiger partial charge in [0.05, 0.1) is 6.10 Å². The first-order chi connectivity index (χ1) is 8.61. The second-order valence-corrected chi connectivity index (χ2v) is 3.88. The molecule has 0 saturated carbocycles. The number of ether oxygens (including phenoxy) is 2. The number of H-pyrrole nitrogens is 1. The Balaban J connectivity index is 2.14. The zero-order valence-corrected chi connectivity index (χ0v) is 9.41. The maximum Gasteiger partial charge on any atom is 0.330 e. The van der Waals surface area contributed by atoms with Crippen molar-refractivity contribution in [2.75, 3.05) is 6.61 Å². The molecule has 1 saturated heterocycles. The number of aliphatic hydroxyl groups is 1. The van der Waals surface area contributed by atoms with Crippen LogP contribution in [0.3, 0.4) is 0 Å². The summed E-state index contributed by atoms with van der Waals surface area (Å²) in [7, 11) is 0. The number of aliphatic hydroxyl groups excluding tert-OH is 1. The van der Waals surface area contributed by atoms with E-state index in [1.165, 1.54) is 16.8 Å². The first-order valence-corrected chi connectivity index (χ1v) is 5.34. The number of rotatable bonds is 3. The van der Waals surface area contributed by atoms with Gasteiger partial charge in [-0.25, -0.2) is 4.79 Å². The van der Waals surface area contributed by atoms with E-state index in [-0.39, 0.29) is 13.0 Å². The molecule has 0 radical (unpaired) electrons. The molecule has 96 valence electrons. The normalized spacial score (nSPS) is 26.8. The molecule has 1 aliphatic rings. The zero-order valence-electron chi connectivity index (χ0n) is 9.41. The Morgan fingerprint density at radius 3 is 3.11 bits per heavy atom. The van der Waals surface area contributed by atoms with Crippen LogP contribution in [0.5, 0.6) is 0 Å². The van der Waals surface area contributed by atoms with Gasteiger partial charge in [0.25, 0.3) is 5.56 Å². The molecule has 7 nitrogen and oxygen atoms in total. The summed E-state index contributed by atoms with van der Waals surface area (Å²) in [6.07, 6.45) is 6.45. The number of nitrogens with one attached hydrogen (secondary N) is 1. The fraction of sp³-hybridized carbons (Fsp3) is 0.455. The number of hydrogen-bond acceptors (Lipinski definition) is 5. The van der Waals surface area contributed by atoms with E-state index < -0.39 is 29.7 Å². The lowest BCUT2D eigenvalue weighted by Crippen LogP contribution is -2.31. The van der Waals surface area contributed by atoms with Crippen molar-refractivity contribution < 1.29 is 14.6 Å². The summed E-state index contributed by atoms with van der Waals surface area (Å²) in [4.78, 5) is 24.6. The minimum absolute atomic E-state index is 0.0479. The first-order valence-electron chi connectivity index (χ1n) is 5.34. The van der Waals surface area contributed by atoms with Crippen LogP contribution >= 0.6 is 0 Å². The van der Waals surface area contributed by atoms with Crippen LogP contribution in [-0.4, -0.2) is 33.5 Å². The summed E-state index contributed by atoms with van der Waals surface area (Å²) in [5.41, 5.74) is -1.07. The third-order valence-electron chi connectivity index (χ3n) is 2.70. The predicted molar refractivity (Wildman–Crippen MR) is 60.6 cm³/mol. The molecule has 3 atom stereocenters. The highest BCUT2D eigenvalue weighted by molar-refractivity contribution is 4.88. The van der Waals surface area contributed by atoms with Crippen LogP contribution in [0.25, 0.3) is 0 Å². The van der Waals surface area contributed by atoms with Gasteiger partial charge in [0, 0.05) is 18.7 Å². The second-order valence-electron chi connectivity index (χ2n) is 3.88. The van der Waals surface area contributed by atoms with Crippen molar-refractivity contribution in [3.63, 3.8) is 0 Å². The number of hydrogen-bond donors (Lipinski definition) is 2. The summed E-state index contributed by atoms with van der Waals surface area (Å²) in [6, 6.07) is 1.21. The van der Waals surface area contributed by atoms with Crippen molar-refractivity contribution in [1.82, 2.24) is 9.55 Å². The van der Waals surface area contributed by atoms with Gasteiger partial charge in [-0.1, -0.05) is 6.42 Å². The second kappa shape index (κ2) is 5.08. The van der Waals surface area contributed by atoms with Crippen molar-refractivity contribution in [2.24, 2.45) is 0 Å². The van der Waals surface area contributed by atoms with Crippen LogP contribution in [-0.2, 0) is 9.47 Å². The molecule has 2 N–H and O–H groups in total. The Kier molecular flexibility index (Phi) is 3.50. The summed E-state index contributed by atoms with van der Waals surface area (Å²) >= 11 is 0. The van der Waals surface area contributed by atoms with Gasteiger partial charge in [-0.15, -0.1) is 0 Å². The van der Waals surface area contributed by atoms with Crippen molar-refractivity contribution >= 4 is 0 Å². The molecule has 0 aromatic carbocycles. The highest BCUT2D eigenvalue weighted by Gasteiger charge is 2.35. The van der Waals surface area contributed by atoms with Gasteiger partial charge in [0.15, 0.2) is 0 Å². The van der Waals surface area contributed by atoms with E-state index in [4.69, 9.17) is 15.9 Å². The molecule has 0 aliphatic carbocycles. The third kappa shape index (κ3) is 2.45. The predicted octanol–water partition coefficient (Wildman–Crippen LogP) is -1.21. The van der Waals surface area contributed by atoms with Crippen LogP contribution in [0.15, 0.2) is 21.9 Å². The quantitative estimate of drug-likeness (QED) is 0.658. The lowest BCUT2D eigenvalue weighted by Gasteiger charge is -2.14. The van der Waals surface area contributed by atoms with Crippen molar-refractivity contribution in [3.8, 4) is 12.5 Å². The van der Waals surface area contributed by atoms with E-state index in [2.05, 4.69) is 4.98 Å². The van der Waals surface area contributed by atoms with E-state index in [0.29, 0.717) is 0 Å². The molecule has 0 spiro atoms. The minimum Gasteiger partial charge on any atom is -0.444 e. The first kappa shape index (κ1) is 12.4. The van der Waals surface area contributed by atoms with Crippen molar-refractivity contribution in [1.29, 1.82) is 0 Å². The number of nitrogens with zero attached hydrogens (tertiary/aromatic N) is 1. The molecular formula is C11H12N2O5. The van der Waals surface area contributed by atoms with Crippen LogP contribution in [0.4, 0.5) is 0 Å². The molecule has 1 unspecified atom stereocenters. The summed E-state index contributed by atoms with van der Waals surface area (Å²) in [6.45, 7) is 0.0479. The Morgan fingerprint density at radius 2 is 2.44 bits per heavy atom. The monoisotopic (exact) mass is 252 g/mol. The summed E-state index contributed by atoms with van der Waals surface area (Å²) in [5, 5.41) is 9.73. The average Bonchev–Trinajstić information content (AvgIpc) is 2.68. The highest BCUT2D eigenvalue weighted by atomic mass is 16.6. The fourth-order valence-electron chi connectivity index (χ4n) is 1.82. The molecule has 18 heavy (non-hydrogen) atoms. The maximum absolute atomic E-state index is 11.5. The average molecular weight is 252 g/mol.